The maximum atomic E-state index is 13.8. The van der Waals surface area contributed by atoms with E-state index in [4.69, 9.17) is 4.74 Å². The van der Waals surface area contributed by atoms with E-state index in [0.29, 0.717) is 11.1 Å². The number of carbonyl (C=O) groups excluding carboxylic acids is 2. The number of rotatable bonds is 8. The minimum Gasteiger partial charge on any atom is -0.497 e. The van der Waals surface area contributed by atoms with Crippen molar-refractivity contribution in [2.75, 3.05) is 7.11 Å². The van der Waals surface area contributed by atoms with Gasteiger partial charge in [0.05, 0.1) is 13.0 Å². The Morgan fingerprint density at radius 3 is 1.41 bits per heavy atom. The first kappa shape index (κ1) is 21.3. The molecule has 158 valence electrons. The van der Waals surface area contributed by atoms with Gasteiger partial charge >= 0.3 is 0 Å². The normalized spacial score (nSPS) is 11.7. The van der Waals surface area contributed by atoms with Gasteiger partial charge in [-0.05, 0) is 23.3 Å². The highest BCUT2D eigenvalue weighted by molar-refractivity contribution is 6.17. The number of benzene rings is 4. The van der Waals surface area contributed by atoms with Gasteiger partial charge in [0, 0.05) is 17.0 Å². The molecule has 4 aromatic carbocycles. The molecule has 32 heavy (non-hydrogen) atoms. The molecule has 0 aliphatic rings. The van der Waals surface area contributed by atoms with Crippen molar-refractivity contribution >= 4 is 11.6 Å². The van der Waals surface area contributed by atoms with Crippen molar-refractivity contribution < 1.29 is 14.3 Å². The first-order valence-electron chi connectivity index (χ1n) is 10.6. The number of hydrogen-bond donors (Lipinski definition) is 0. The zero-order chi connectivity index (χ0) is 22.3. The fourth-order valence-electron chi connectivity index (χ4n) is 4.03. The van der Waals surface area contributed by atoms with E-state index in [2.05, 4.69) is 0 Å². The number of hydrogen-bond acceptors (Lipinski definition) is 3. The van der Waals surface area contributed by atoms with E-state index >= 15 is 0 Å². The Labute approximate surface area is 188 Å². The van der Waals surface area contributed by atoms with Gasteiger partial charge < -0.3 is 4.74 Å². The van der Waals surface area contributed by atoms with E-state index in [0.717, 1.165) is 16.9 Å². The maximum Gasteiger partial charge on any atom is 0.174 e. The summed E-state index contributed by atoms with van der Waals surface area (Å²) in [4.78, 5) is 27.7. The van der Waals surface area contributed by atoms with Crippen molar-refractivity contribution in [3.63, 3.8) is 0 Å². The van der Waals surface area contributed by atoms with Gasteiger partial charge in [0.2, 0.25) is 0 Å². The van der Waals surface area contributed by atoms with Gasteiger partial charge in [0.25, 0.3) is 0 Å². The average Bonchev–Trinajstić information content (AvgIpc) is 2.88. The summed E-state index contributed by atoms with van der Waals surface area (Å²) in [5, 5.41) is 0. The van der Waals surface area contributed by atoms with Crippen LogP contribution in [0.1, 0.15) is 37.8 Å². The molecule has 0 bridgehead atoms. The second-order valence-electron chi connectivity index (χ2n) is 7.60. The van der Waals surface area contributed by atoms with Gasteiger partial charge in [-0.3, -0.25) is 9.59 Å². The van der Waals surface area contributed by atoms with Crippen LogP contribution in [0, 0.1) is 5.92 Å². The lowest BCUT2D eigenvalue weighted by molar-refractivity contribution is 0.0793. The van der Waals surface area contributed by atoms with Crippen molar-refractivity contribution in [3.8, 4) is 5.75 Å². The Morgan fingerprint density at radius 2 is 0.969 bits per heavy atom. The topological polar surface area (TPSA) is 43.4 Å². The summed E-state index contributed by atoms with van der Waals surface area (Å²) in [6.45, 7) is 0. The summed E-state index contributed by atoms with van der Waals surface area (Å²) in [6, 6.07) is 35.4. The molecule has 0 aliphatic heterocycles. The van der Waals surface area contributed by atoms with E-state index in [-0.39, 0.29) is 11.6 Å². The van der Waals surface area contributed by atoms with Crippen LogP contribution < -0.4 is 4.74 Å². The Balaban J connectivity index is 1.89. The molecule has 0 N–H and O–H groups in total. The van der Waals surface area contributed by atoms with Gasteiger partial charge in [-0.15, -0.1) is 0 Å². The maximum absolute atomic E-state index is 13.8. The van der Waals surface area contributed by atoms with Crippen LogP contribution in [0.3, 0.4) is 0 Å². The lowest BCUT2D eigenvalue weighted by Crippen LogP contribution is -2.31. The summed E-state index contributed by atoms with van der Waals surface area (Å²) < 4.78 is 5.31. The predicted molar refractivity (Wildman–Crippen MR) is 126 cm³/mol. The number of ketones is 2. The molecule has 1 unspecified atom stereocenters. The molecular formula is C29H24O3. The van der Waals surface area contributed by atoms with Crippen molar-refractivity contribution in [1.29, 1.82) is 0 Å². The molecule has 3 heteroatoms. The Hall–Kier alpha value is -3.98. The second kappa shape index (κ2) is 9.88. The molecule has 4 rings (SSSR count). The van der Waals surface area contributed by atoms with Crippen molar-refractivity contribution in [1.82, 2.24) is 0 Å². The number of methoxy groups -OCH3 is 1. The van der Waals surface area contributed by atoms with Crippen LogP contribution >= 0.6 is 0 Å². The first-order chi connectivity index (χ1) is 15.7. The highest BCUT2D eigenvalue weighted by Gasteiger charge is 2.37. The third-order valence-electron chi connectivity index (χ3n) is 5.65. The Morgan fingerprint density at radius 1 is 0.562 bits per heavy atom. The first-order valence-corrected chi connectivity index (χ1v) is 10.6. The molecule has 0 radical (unpaired) electrons. The van der Waals surface area contributed by atoms with E-state index in [1.54, 1.807) is 31.4 Å². The molecule has 0 fully saturated rings. The lowest BCUT2D eigenvalue weighted by atomic mass is 9.73. The summed E-state index contributed by atoms with van der Waals surface area (Å²) >= 11 is 0. The highest BCUT2D eigenvalue weighted by atomic mass is 16.5. The highest BCUT2D eigenvalue weighted by Crippen LogP contribution is 2.37. The molecule has 0 saturated heterocycles. The third kappa shape index (κ3) is 4.52. The van der Waals surface area contributed by atoms with E-state index in [1.807, 2.05) is 91.0 Å². The predicted octanol–water partition coefficient (Wildman–Crippen LogP) is 6.21. The molecule has 1 atom stereocenters. The van der Waals surface area contributed by atoms with Crippen LogP contribution in [-0.4, -0.2) is 18.7 Å². The second-order valence-corrected chi connectivity index (χ2v) is 7.60. The van der Waals surface area contributed by atoms with Gasteiger partial charge in [-0.2, -0.15) is 0 Å². The molecule has 4 aromatic rings. The minimum absolute atomic E-state index is 0.191. The van der Waals surface area contributed by atoms with Gasteiger partial charge in [-0.1, -0.05) is 103 Å². The molecule has 0 aliphatic carbocycles. The van der Waals surface area contributed by atoms with Crippen molar-refractivity contribution in [2.45, 2.75) is 5.92 Å². The van der Waals surface area contributed by atoms with Crippen LogP contribution in [0.15, 0.2) is 115 Å². The number of Topliss-reactive ketones (excluding diaryl/α,β-unsaturated/α-hetero) is 2. The van der Waals surface area contributed by atoms with Crippen molar-refractivity contribution in [3.05, 3.63) is 138 Å². The fourth-order valence-corrected chi connectivity index (χ4v) is 4.03. The molecule has 3 nitrogen and oxygen atoms in total. The van der Waals surface area contributed by atoms with Crippen LogP contribution in [0.5, 0.6) is 5.75 Å². The lowest BCUT2D eigenvalue weighted by Gasteiger charge is -2.27. The number of ether oxygens (including phenoxy) is 1. The molecule has 0 amide bonds. The average molecular weight is 421 g/mol. The van der Waals surface area contributed by atoms with Crippen molar-refractivity contribution in [2.24, 2.45) is 5.92 Å². The SMILES string of the molecule is COc1ccc(C(c2ccccc2)C(C(=O)c2ccccc2)C(=O)c2ccccc2)cc1. The number of carbonyl (C=O) groups is 2. The summed E-state index contributed by atoms with van der Waals surface area (Å²) in [5.41, 5.74) is 2.85. The summed E-state index contributed by atoms with van der Waals surface area (Å²) in [6.07, 6.45) is 0. The van der Waals surface area contributed by atoms with Crippen LogP contribution in [0.4, 0.5) is 0 Å². The van der Waals surface area contributed by atoms with Crippen LogP contribution in [0.25, 0.3) is 0 Å². The third-order valence-corrected chi connectivity index (χ3v) is 5.65. The largest absolute Gasteiger partial charge is 0.497 e. The van der Waals surface area contributed by atoms with Gasteiger partial charge in [0.15, 0.2) is 11.6 Å². The minimum atomic E-state index is -0.907. The van der Waals surface area contributed by atoms with E-state index in [1.165, 1.54) is 0 Å². The molecule has 0 heterocycles. The quantitative estimate of drug-likeness (QED) is 0.251. The van der Waals surface area contributed by atoms with Crippen LogP contribution in [0.2, 0.25) is 0 Å². The van der Waals surface area contributed by atoms with E-state index in [9.17, 15) is 9.59 Å². The molecular weight excluding hydrogens is 396 g/mol. The zero-order valence-corrected chi connectivity index (χ0v) is 17.8. The molecule has 0 saturated carbocycles. The summed E-state index contributed by atoms with van der Waals surface area (Å²) in [7, 11) is 1.62. The standard InChI is InChI=1S/C29H24O3/c1-32-25-19-17-22(18-20-25)26(21-11-5-2-6-12-21)27(28(30)23-13-7-3-8-14-23)29(31)24-15-9-4-10-16-24/h2-20,26-27H,1H3. The fraction of sp³-hybridized carbons (Fsp3) is 0.103. The van der Waals surface area contributed by atoms with Gasteiger partial charge in [-0.25, -0.2) is 0 Å². The van der Waals surface area contributed by atoms with Gasteiger partial charge in [0.1, 0.15) is 5.75 Å². The Bertz CT molecular complexity index is 1120. The van der Waals surface area contributed by atoms with E-state index < -0.39 is 11.8 Å². The molecule has 0 spiro atoms. The summed E-state index contributed by atoms with van der Waals surface area (Å²) in [5.74, 6) is -1.01. The van der Waals surface area contributed by atoms with Crippen LogP contribution in [-0.2, 0) is 0 Å². The Kier molecular flexibility index (Phi) is 6.57. The smallest absolute Gasteiger partial charge is 0.174 e. The monoisotopic (exact) mass is 420 g/mol. The zero-order valence-electron chi connectivity index (χ0n) is 17.8. The molecule has 0 aromatic heterocycles.